The van der Waals surface area contributed by atoms with Crippen LogP contribution in [0.2, 0.25) is 0 Å². The summed E-state index contributed by atoms with van der Waals surface area (Å²) in [6.45, 7) is 9.48. The van der Waals surface area contributed by atoms with Gasteiger partial charge in [-0.3, -0.25) is 0 Å². The number of hydroxylamine groups is 2. The van der Waals surface area contributed by atoms with E-state index in [-0.39, 0.29) is 5.41 Å². The normalized spacial score (nSPS) is 40.4. The van der Waals surface area contributed by atoms with Gasteiger partial charge in [0.15, 0.2) is 0 Å². The molecule has 0 spiro atoms. The molecule has 1 radical (unpaired) electrons. The van der Waals surface area contributed by atoms with Gasteiger partial charge < -0.3 is 9.57 Å². The number of piperidine rings is 1. The molecule has 5 nitrogen and oxygen atoms in total. The van der Waals surface area contributed by atoms with E-state index in [1.807, 2.05) is 0 Å². The van der Waals surface area contributed by atoms with E-state index in [1.165, 1.54) is 6.42 Å². The van der Waals surface area contributed by atoms with Crippen LogP contribution in [-0.2, 0) is 19.2 Å². The summed E-state index contributed by atoms with van der Waals surface area (Å²) in [4.78, 5) is 29.6. The number of hydrogen-bond donors (Lipinski definition) is 0. The van der Waals surface area contributed by atoms with Gasteiger partial charge in [-0.15, -0.1) is 5.06 Å². The van der Waals surface area contributed by atoms with E-state index in [1.54, 1.807) is 11.5 Å². The number of rotatable bonds is 4. The molecule has 0 amide bonds. The minimum absolute atomic E-state index is 0.0508. The molecule has 3 fully saturated rings. The van der Waals surface area contributed by atoms with Gasteiger partial charge in [-0.2, -0.15) is 0 Å². The van der Waals surface area contributed by atoms with E-state index >= 15 is 0 Å². The highest BCUT2D eigenvalue weighted by molar-refractivity contribution is 5.83. The maximum atomic E-state index is 12.9. The molecule has 1 aliphatic heterocycles. The second-order valence-corrected chi connectivity index (χ2v) is 7.87. The minimum Gasteiger partial charge on any atom is -0.438 e. The van der Waals surface area contributed by atoms with E-state index in [9.17, 15) is 9.59 Å². The van der Waals surface area contributed by atoms with Crippen molar-refractivity contribution in [1.29, 1.82) is 0 Å². The predicted molar refractivity (Wildman–Crippen MR) is 80.3 cm³/mol. The lowest BCUT2D eigenvalue weighted by atomic mass is 9.64. The third kappa shape index (κ3) is 1.94. The van der Waals surface area contributed by atoms with Crippen molar-refractivity contribution < 1.29 is 19.2 Å². The number of fused-ring (bicyclic) bond motifs is 2. The summed E-state index contributed by atoms with van der Waals surface area (Å²) in [6, 6.07) is 0. The minimum atomic E-state index is -1.18. The molecule has 5 heteroatoms. The predicted octanol–water partition coefficient (Wildman–Crippen LogP) is 2.60. The van der Waals surface area contributed by atoms with Crippen molar-refractivity contribution in [2.45, 2.75) is 64.9 Å². The summed E-state index contributed by atoms with van der Waals surface area (Å²) >= 11 is 0. The highest BCUT2D eigenvalue weighted by atomic mass is 16.7. The molecule has 3 aliphatic rings. The molecule has 1 heterocycles. The molecule has 0 aromatic rings. The molecular formula is C17H26NO4. The van der Waals surface area contributed by atoms with E-state index in [0.29, 0.717) is 12.3 Å². The summed E-state index contributed by atoms with van der Waals surface area (Å²) in [5.41, 5.74) is -1.63. The fourth-order valence-corrected chi connectivity index (χ4v) is 4.97. The average molecular weight is 308 g/mol. The van der Waals surface area contributed by atoms with Gasteiger partial charge in [0, 0.05) is 24.9 Å². The first-order valence-electron chi connectivity index (χ1n) is 8.40. The number of nitrogens with zero attached hydrogens (tertiary/aromatic N) is 1. The van der Waals surface area contributed by atoms with Crippen LogP contribution in [0.5, 0.6) is 0 Å². The Balaban J connectivity index is 1.86. The molecule has 2 aliphatic carbocycles. The third-order valence-electron chi connectivity index (χ3n) is 6.93. The van der Waals surface area contributed by atoms with Gasteiger partial charge in [-0.1, -0.05) is 27.2 Å². The summed E-state index contributed by atoms with van der Waals surface area (Å²) in [6.07, 6.45) is 5.74. The van der Waals surface area contributed by atoms with Crippen LogP contribution in [-0.4, -0.2) is 36.2 Å². The second-order valence-electron chi connectivity index (χ2n) is 7.87. The summed E-state index contributed by atoms with van der Waals surface area (Å²) < 4.78 is 5.36. The van der Waals surface area contributed by atoms with Crippen molar-refractivity contribution >= 4 is 12.4 Å². The first kappa shape index (κ1) is 15.8. The van der Waals surface area contributed by atoms with Gasteiger partial charge in [-0.05, 0) is 37.0 Å². The number of hydrogen-bond acceptors (Lipinski definition) is 5. The topological polar surface area (TPSA) is 55.8 Å². The lowest BCUT2D eigenvalue weighted by Gasteiger charge is -2.45. The Morgan fingerprint density at radius 1 is 1.18 bits per heavy atom. The Labute approximate surface area is 132 Å². The molecule has 3 unspecified atom stereocenters. The van der Waals surface area contributed by atoms with E-state index in [0.717, 1.165) is 38.8 Å². The highest BCUT2D eigenvalue weighted by Gasteiger charge is 2.74. The zero-order valence-corrected chi connectivity index (χ0v) is 13.8. The Morgan fingerprint density at radius 2 is 1.86 bits per heavy atom. The van der Waals surface area contributed by atoms with Gasteiger partial charge in [0.25, 0.3) is 0 Å². The van der Waals surface area contributed by atoms with Crippen LogP contribution in [0.1, 0.15) is 59.3 Å². The Bertz CT molecular complexity index is 471. The van der Waals surface area contributed by atoms with Gasteiger partial charge >= 0.3 is 12.4 Å². The monoisotopic (exact) mass is 308 g/mol. The van der Waals surface area contributed by atoms with Gasteiger partial charge in [-0.25, -0.2) is 9.59 Å². The molecule has 3 rings (SSSR count). The molecule has 0 aromatic carbocycles. The fourth-order valence-electron chi connectivity index (χ4n) is 4.97. The molecule has 3 atom stereocenters. The Kier molecular flexibility index (Phi) is 3.75. The standard InChI is InChI=1S/C17H26NO4/c1-15(2)13-7-8-16(15,3)17(11-13,21-12-19)14(20)22-18-9-5-4-6-10-18/h13H,4-11H2,1-3H3. The van der Waals surface area contributed by atoms with E-state index < -0.39 is 17.0 Å². The van der Waals surface area contributed by atoms with Crippen LogP contribution in [0.25, 0.3) is 0 Å². The van der Waals surface area contributed by atoms with Crippen LogP contribution in [0, 0.1) is 16.7 Å². The third-order valence-corrected chi connectivity index (χ3v) is 6.93. The molecule has 2 saturated carbocycles. The summed E-state index contributed by atoms with van der Waals surface area (Å²) in [5.74, 6) is -0.0321. The lowest BCUT2D eigenvalue weighted by molar-refractivity contribution is -0.225. The molecule has 123 valence electrons. The molecular weight excluding hydrogens is 282 g/mol. The average Bonchev–Trinajstić information content (AvgIpc) is 2.81. The molecule has 22 heavy (non-hydrogen) atoms. The molecule has 0 N–H and O–H groups in total. The zero-order chi connectivity index (χ0) is 16.0. The van der Waals surface area contributed by atoms with Crippen molar-refractivity contribution in [2.24, 2.45) is 16.7 Å². The highest BCUT2D eigenvalue weighted by Crippen LogP contribution is 2.70. The molecule has 2 bridgehead atoms. The summed E-state index contributed by atoms with van der Waals surface area (Å²) in [5, 5.41) is 1.73. The van der Waals surface area contributed by atoms with Crippen molar-refractivity contribution in [3.8, 4) is 0 Å². The van der Waals surface area contributed by atoms with Crippen molar-refractivity contribution in [2.75, 3.05) is 13.1 Å². The number of ether oxygens (including phenoxy) is 1. The quantitative estimate of drug-likeness (QED) is 0.799. The lowest BCUT2D eigenvalue weighted by Crippen LogP contribution is -2.57. The second kappa shape index (κ2) is 5.22. The number of carbonyl (C=O) groups is 1. The van der Waals surface area contributed by atoms with Crippen LogP contribution < -0.4 is 0 Å². The van der Waals surface area contributed by atoms with Crippen LogP contribution >= 0.6 is 0 Å². The first-order chi connectivity index (χ1) is 10.4. The maximum Gasteiger partial charge on any atom is 0.418 e. The molecule has 1 saturated heterocycles. The summed E-state index contributed by atoms with van der Waals surface area (Å²) in [7, 11) is 0. The fraction of sp³-hybridized carbons (Fsp3) is 0.882. The van der Waals surface area contributed by atoms with Crippen LogP contribution in [0.15, 0.2) is 0 Å². The first-order valence-corrected chi connectivity index (χ1v) is 8.40. The Hall–Kier alpha value is -1.10. The van der Waals surface area contributed by atoms with Crippen LogP contribution in [0.3, 0.4) is 0 Å². The van der Waals surface area contributed by atoms with E-state index in [4.69, 9.17) is 9.57 Å². The smallest absolute Gasteiger partial charge is 0.418 e. The van der Waals surface area contributed by atoms with Crippen molar-refractivity contribution in [3.63, 3.8) is 0 Å². The van der Waals surface area contributed by atoms with Gasteiger partial charge in [0.1, 0.15) is 0 Å². The SMILES string of the molecule is CC1(C)C2CCC1(C)C(O[C]=O)(C(=O)ON1CCCCC1)C2. The largest absolute Gasteiger partial charge is 0.438 e. The van der Waals surface area contributed by atoms with Crippen LogP contribution in [0.4, 0.5) is 0 Å². The number of carbonyl (C=O) groups excluding carboxylic acids is 2. The van der Waals surface area contributed by atoms with Crippen molar-refractivity contribution in [3.05, 3.63) is 0 Å². The van der Waals surface area contributed by atoms with Gasteiger partial charge in [0.2, 0.25) is 5.60 Å². The Morgan fingerprint density at radius 3 is 2.36 bits per heavy atom. The van der Waals surface area contributed by atoms with Gasteiger partial charge in [0.05, 0.1) is 0 Å². The molecule has 0 aromatic heterocycles. The van der Waals surface area contributed by atoms with E-state index in [2.05, 4.69) is 20.8 Å². The maximum absolute atomic E-state index is 12.9. The van der Waals surface area contributed by atoms with Crippen molar-refractivity contribution in [1.82, 2.24) is 5.06 Å². The zero-order valence-electron chi connectivity index (χ0n) is 13.8.